The number of rotatable bonds is 5. The van der Waals surface area contributed by atoms with E-state index in [4.69, 9.17) is 17.3 Å². The van der Waals surface area contributed by atoms with Gasteiger partial charge in [-0.2, -0.15) is 0 Å². The predicted octanol–water partition coefficient (Wildman–Crippen LogP) is 2.00. The molecule has 0 amide bonds. The molecule has 114 valence electrons. The second-order valence-corrected chi connectivity index (χ2v) is 8.10. The van der Waals surface area contributed by atoms with Crippen molar-refractivity contribution in [1.82, 2.24) is 4.72 Å². The van der Waals surface area contributed by atoms with Crippen LogP contribution in [0.15, 0.2) is 23.1 Å². The normalized spacial score (nSPS) is 14.2. The molecule has 1 unspecified atom stereocenters. The second-order valence-electron chi connectivity index (χ2n) is 5.96. The maximum Gasteiger partial charge on any atom is 0.242 e. The molecule has 0 fully saturated rings. The number of hydrogen-bond acceptors (Lipinski definition) is 4. The van der Waals surface area contributed by atoms with Gasteiger partial charge in [-0.1, -0.05) is 32.4 Å². The van der Waals surface area contributed by atoms with Crippen LogP contribution in [0.25, 0.3) is 0 Å². The fourth-order valence-electron chi connectivity index (χ4n) is 1.79. The van der Waals surface area contributed by atoms with Gasteiger partial charge >= 0.3 is 0 Å². The Labute approximate surface area is 125 Å². The van der Waals surface area contributed by atoms with Crippen LogP contribution in [0.4, 0.5) is 5.69 Å². The zero-order chi connectivity index (χ0) is 15.6. The zero-order valence-corrected chi connectivity index (χ0v) is 13.4. The van der Waals surface area contributed by atoms with Crippen LogP contribution in [0.5, 0.6) is 0 Å². The van der Waals surface area contributed by atoms with Crippen LogP contribution in [0.2, 0.25) is 5.02 Å². The van der Waals surface area contributed by atoms with Gasteiger partial charge in [-0.25, -0.2) is 13.1 Å². The van der Waals surface area contributed by atoms with Gasteiger partial charge in [-0.3, -0.25) is 0 Å². The Hall–Kier alpha value is -0.820. The summed E-state index contributed by atoms with van der Waals surface area (Å²) in [5.74, 6) is 0. The molecule has 1 aromatic carbocycles. The second kappa shape index (κ2) is 6.30. The van der Waals surface area contributed by atoms with E-state index in [2.05, 4.69) is 4.72 Å². The summed E-state index contributed by atoms with van der Waals surface area (Å²) in [4.78, 5) is -0.0814. The summed E-state index contributed by atoms with van der Waals surface area (Å²) in [7, 11) is -3.79. The van der Waals surface area contributed by atoms with E-state index in [0.717, 1.165) is 0 Å². The summed E-state index contributed by atoms with van der Waals surface area (Å²) in [6.07, 6.45) is -0.273. The van der Waals surface area contributed by atoms with Gasteiger partial charge in [-0.15, -0.1) is 0 Å². The van der Waals surface area contributed by atoms with E-state index in [9.17, 15) is 13.5 Å². The summed E-state index contributed by atoms with van der Waals surface area (Å²) < 4.78 is 26.6. The van der Waals surface area contributed by atoms with Crippen molar-refractivity contribution >= 4 is 27.3 Å². The molecular weight excluding hydrogens is 300 g/mol. The molecule has 1 aromatic rings. The van der Waals surface area contributed by atoms with Gasteiger partial charge in [0.2, 0.25) is 10.0 Å². The summed E-state index contributed by atoms with van der Waals surface area (Å²) in [6, 6.07) is 4.24. The van der Waals surface area contributed by atoms with E-state index < -0.39 is 16.1 Å². The van der Waals surface area contributed by atoms with Crippen LogP contribution in [0.3, 0.4) is 0 Å². The Morgan fingerprint density at radius 2 is 2.00 bits per heavy atom. The van der Waals surface area contributed by atoms with Crippen LogP contribution in [0.1, 0.15) is 27.2 Å². The molecule has 4 N–H and O–H groups in total. The number of sulfonamides is 1. The van der Waals surface area contributed by atoms with E-state index >= 15 is 0 Å². The molecule has 1 rings (SSSR count). The van der Waals surface area contributed by atoms with Crippen molar-refractivity contribution in [3.05, 3.63) is 23.2 Å². The van der Waals surface area contributed by atoms with Crippen molar-refractivity contribution in [1.29, 1.82) is 0 Å². The first-order chi connectivity index (χ1) is 9.01. The van der Waals surface area contributed by atoms with Gasteiger partial charge in [0.15, 0.2) is 0 Å². The van der Waals surface area contributed by atoms with Crippen LogP contribution in [-0.4, -0.2) is 26.2 Å². The first kappa shape index (κ1) is 17.2. The van der Waals surface area contributed by atoms with Crippen LogP contribution in [0, 0.1) is 5.41 Å². The molecule has 0 aliphatic rings. The highest BCUT2D eigenvalue weighted by atomic mass is 35.5. The zero-order valence-electron chi connectivity index (χ0n) is 11.9. The van der Waals surface area contributed by atoms with Gasteiger partial charge in [-0.05, 0) is 30.0 Å². The molecule has 0 spiro atoms. The van der Waals surface area contributed by atoms with Crippen molar-refractivity contribution in [3.8, 4) is 0 Å². The molecule has 0 saturated carbocycles. The van der Waals surface area contributed by atoms with Crippen molar-refractivity contribution in [2.45, 2.75) is 38.2 Å². The standard InChI is InChI=1S/C13H21ClN2O3S/c1-13(2,3)7-10(17)8-16-20(18,19)12-6-9(15)4-5-11(12)14/h4-6,10,16-17H,7-8,15H2,1-3H3. The third-order valence-corrected chi connectivity index (χ3v) is 4.51. The van der Waals surface area contributed by atoms with Crippen molar-refractivity contribution < 1.29 is 13.5 Å². The Morgan fingerprint density at radius 3 is 2.55 bits per heavy atom. The molecule has 20 heavy (non-hydrogen) atoms. The Bertz CT molecular complexity index is 567. The SMILES string of the molecule is CC(C)(C)CC(O)CNS(=O)(=O)c1cc(N)ccc1Cl. The minimum atomic E-state index is -3.79. The lowest BCUT2D eigenvalue weighted by Gasteiger charge is -2.22. The number of anilines is 1. The third-order valence-electron chi connectivity index (χ3n) is 2.60. The summed E-state index contributed by atoms with van der Waals surface area (Å²) in [5.41, 5.74) is 5.79. The average molecular weight is 321 g/mol. The number of nitrogens with one attached hydrogen (secondary N) is 1. The number of nitrogen functional groups attached to an aromatic ring is 1. The topological polar surface area (TPSA) is 92.4 Å². The molecule has 1 atom stereocenters. The van der Waals surface area contributed by atoms with Gasteiger partial charge in [0.05, 0.1) is 11.1 Å². The summed E-state index contributed by atoms with van der Waals surface area (Å²) in [6.45, 7) is 5.85. The van der Waals surface area contributed by atoms with E-state index in [0.29, 0.717) is 12.1 Å². The lowest BCUT2D eigenvalue weighted by molar-refractivity contribution is 0.125. The number of aliphatic hydroxyl groups excluding tert-OH is 1. The van der Waals surface area contributed by atoms with Crippen molar-refractivity contribution in [2.75, 3.05) is 12.3 Å². The minimum Gasteiger partial charge on any atom is -0.399 e. The van der Waals surface area contributed by atoms with E-state index in [-0.39, 0.29) is 21.9 Å². The molecule has 5 nitrogen and oxygen atoms in total. The lowest BCUT2D eigenvalue weighted by Crippen LogP contribution is -2.34. The Balaban J connectivity index is 2.78. The van der Waals surface area contributed by atoms with Gasteiger partial charge < -0.3 is 10.8 Å². The third kappa shape index (κ3) is 5.28. The van der Waals surface area contributed by atoms with E-state index in [1.54, 1.807) is 0 Å². The van der Waals surface area contributed by atoms with E-state index in [1.165, 1.54) is 18.2 Å². The molecule has 0 radical (unpaired) electrons. The first-order valence-electron chi connectivity index (χ1n) is 6.24. The largest absolute Gasteiger partial charge is 0.399 e. The predicted molar refractivity (Wildman–Crippen MR) is 81.1 cm³/mol. The number of nitrogens with two attached hydrogens (primary N) is 1. The van der Waals surface area contributed by atoms with Crippen LogP contribution < -0.4 is 10.5 Å². The molecule has 0 heterocycles. The van der Waals surface area contributed by atoms with Gasteiger partial charge in [0, 0.05) is 12.2 Å². The van der Waals surface area contributed by atoms with Crippen LogP contribution in [-0.2, 0) is 10.0 Å². The molecule has 7 heteroatoms. The fourth-order valence-corrected chi connectivity index (χ4v) is 3.39. The van der Waals surface area contributed by atoms with E-state index in [1.807, 2.05) is 20.8 Å². The molecule has 0 saturated heterocycles. The highest BCUT2D eigenvalue weighted by Gasteiger charge is 2.22. The lowest BCUT2D eigenvalue weighted by atomic mass is 9.89. The smallest absolute Gasteiger partial charge is 0.242 e. The number of aliphatic hydroxyl groups is 1. The molecule has 0 bridgehead atoms. The Kier molecular flexibility index (Phi) is 5.43. The number of benzene rings is 1. The Morgan fingerprint density at radius 1 is 1.40 bits per heavy atom. The maximum absolute atomic E-state index is 12.1. The highest BCUT2D eigenvalue weighted by molar-refractivity contribution is 7.89. The maximum atomic E-state index is 12.1. The molecule has 0 aliphatic carbocycles. The summed E-state index contributed by atoms with van der Waals surface area (Å²) in [5, 5.41) is 9.93. The fraction of sp³-hybridized carbons (Fsp3) is 0.538. The first-order valence-corrected chi connectivity index (χ1v) is 8.10. The number of hydrogen-bond donors (Lipinski definition) is 3. The highest BCUT2D eigenvalue weighted by Crippen LogP contribution is 2.24. The molecule has 0 aromatic heterocycles. The van der Waals surface area contributed by atoms with Crippen LogP contribution >= 0.6 is 11.6 Å². The summed E-state index contributed by atoms with van der Waals surface area (Å²) >= 11 is 5.87. The van der Waals surface area contributed by atoms with Crippen molar-refractivity contribution in [2.24, 2.45) is 5.41 Å². The van der Waals surface area contributed by atoms with Gasteiger partial charge in [0.1, 0.15) is 4.90 Å². The monoisotopic (exact) mass is 320 g/mol. The van der Waals surface area contributed by atoms with Crippen molar-refractivity contribution in [3.63, 3.8) is 0 Å². The minimum absolute atomic E-state index is 0.0648. The average Bonchev–Trinajstić information content (AvgIpc) is 2.27. The molecular formula is C13H21ClN2O3S. The molecule has 0 aliphatic heterocycles. The number of halogens is 1. The van der Waals surface area contributed by atoms with Gasteiger partial charge in [0.25, 0.3) is 0 Å². The quantitative estimate of drug-likeness (QED) is 0.723.